The highest BCUT2D eigenvalue weighted by atomic mass is 15.1. The third-order valence-electron chi connectivity index (χ3n) is 2.96. The fraction of sp³-hybridized carbons (Fsp3) is 0.727. The van der Waals surface area contributed by atoms with Crippen LogP contribution in [-0.2, 0) is 6.54 Å². The molecule has 1 aliphatic carbocycles. The highest BCUT2D eigenvalue weighted by Crippen LogP contribution is 2.29. The molecule has 1 aliphatic rings. The molecular weight excluding hydrogens is 174 g/mol. The standard InChI is InChI=1S/C11H19N3/c1-8(2)14-7-12-5-10(14)6-13-11-4-9(11)3/h5,7-9,11,13H,4,6H2,1-3H3. The van der Waals surface area contributed by atoms with Gasteiger partial charge in [-0.3, -0.25) is 0 Å². The molecule has 0 saturated heterocycles. The van der Waals surface area contributed by atoms with Crippen molar-refractivity contribution in [1.29, 1.82) is 0 Å². The lowest BCUT2D eigenvalue weighted by Crippen LogP contribution is -2.19. The molecule has 1 aromatic rings. The minimum Gasteiger partial charge on any atom is -0.331 e. The number of rotatable bonds is 4. The van der Waals surface area contributed by atoms with Crippen molar-refractivity contribution in [3.63, 3.8) is 0 Å². The maximum absolute atomic E-state index is 4.18. The van der Waals surface area contributed by atoms with E-state index in [4.69, 9.17) is 0 Å². The summed E-state index contributed by atoms with van der Waals surface area (Å²) in [5, 5.41) is 3.54. The van der Waals surface area contributed by atoms with E-state index >= 15 is 0 Å². The van der Waals surface area contributed by atoms with Crippen molar-refractivity contribution in [3.8, 4) is 0 Å². The predicted molar refractivity (Wildman–Crippen MR) is 57.0 cm³/mol. The summed E-state index contributed by atoms with van der Waals surface area (Å²) >= 11 is 0. The molecule has 2 atom stereocenters. The molecular formula is C11H19N3. The first kappa shape index (κ1) is 9.71. The number of nitrogens with zero attached hydrogens (tertiary/aromatic N) is 2. The summed E-state index contributed by atoms with van der Waals surface area (Å²) in [5.74, 6) is 0.866. The van der Waals surface area contributed by atoms with Crippen LogP contribution in [0, 0.1) is 5.92 Å². The first-order valence-electron chi connectivity index (χ1n) is 5.42. The van der Waals surface area contributed by atoms with Crippen LogP contribution in [0.2, 0.25) is 0 Å². The van der Waals surface area contributed by atoms with Gasteiger partial charge in [0.2, 0.25) is 0 Å². The smallest absolute Gasteiger partial charge is 0.0951 e. The Morgan fingerprint density at radius 2 is 2.36 bits per heavy atom. The van der Waals surface area contributed by atoms with E-state index < -0.39 is 0 Å². The summed E-state index contributed by atoms with van der Waals surface area (Å²) in [6.07, 6.45) is 5.20. The SMILES string of the molecule is CC1CC1NCc1cncn1C(C)C. The Hall–Kier alpha value is -0.830. The van der Waals surface area contributed by atoms with Gasteiger partial charge >= 0.3 is 0 Å². The zero-order valence-corrected chi connectivity index (χ0v) is 9.20. The van der Waals surface area contributed by atoms with Gasteiger partial charge < -0.3 is 9.88 Å². The molecule has 2 unspecified atom stereocenters. The monoisotopic (exact) mass is 193 g/mol. The summed E-state index contributed by atoms with van der Waals surface area (Å²) in [4.78, 5) is 4.18. The number of nitrogens with one attached hydrogen (secondary N) is 1. The molecule has 2 rings (SSSR count). The van der Waals surface area contributed by atoms with Crippen molar-refractivity contribution >= 4 is 0 Å². The van der Waals surface area contributed by atoms with Gasteiger partial charge in [-0.25, -0.2) is 4.98 Å². The van der Waals surface area contributed by atoms with Crippen molar-refractivity contribution in [2.45, 2.75) is 45.8 Å². The van der Waals surface area contributed by atoms with E-state index in [1.165, 1.54) is 12.1 Å². The molecule has 1 fully saturated rings. The Morgan fingerprint density at radius 1 is 1.64 bits per heavy atom. The van der Waals surface area contributed by atoms with Crippen LogP contribution in [0.5, 0.6) is 0 Å². The minimum atomic E-state index is 0.505. The zero-order chi connectivity index (χ0) is 10.1. The Kier molecular flexibility index (Phi) is 2.59. The van der Waals surface area contributed by atoms with E-state index in [0.717, 1.165) is 18.5 Å². The van der Waals surface area contributed by atoms with Crippen LogP contribution in [0.3, 0.4) is 0 Å². The number of hydrogen-bond acceptors (Lipinski definition) is 2. The second-order valence-corrected chi connectivity index (χ2v) is 4.59. The van der Waals surface area contributed by atoms with E-state index in [9.17, 15) is 0 Å². The fourth-order valence-electron chi connectivity index (χ4n) is 1.78. The van der Waals surface area contributed by atoms with Gasteiger partial charge in [0.15, 0.2) is 0 Å². The Labute approximate surface area is 85.5 Å². The van der Waals surface area contributed by atoms with Crippen molar-refractivity contribution < 1.29 is 0 Å². The third-order valence-corrected chi connectivity index (χ3v) is 2.96. The number of aromatic nitrogens is 2. The lowest BCUT2D eigenvalue weighted by Gasteiger charge is -2.11. The van der Waals surface area contributed by atoms with Crippen LogP contribution in [-0.4, -0.2) is 15.6 Å². The van der Waals surface area contributed by atoms with E-state index in [0.29, 0.717) is 6.04 Å². The molecule has 0 aromatic carbocycles. The molecule has 3 nitrogen and oxygen atoms in total. The van der Waals surface area contributed by atoms with Crippen molar-refractivity contribution in [1.82, 2.24) is 14.9 Å². The Bertz CT molecular complexity index is 303. The summed E-state index contributed by atoms with van der Waals surface area (Å²) in [5.41, 5.74) is 1.29. The zero-order valence-electron chi connectivity index (χ0n) is 9.20. The van der Waals surface area contributed by atoms with Crippen molar-refractivity contribution in [2.75, 3.05) is 0 Å². The lowest BCUT2D eigenvalue weighted by molar-refractivity contribution is 0.544. The van der Waals surface area contributed by atoms with E-state index in [2.05, 4.69) is 35.6 Å². The largest absolute Gasteiger partial charge is 0.331 e. The van der Waals surface area contributed by atoms with Crippen LogP contribution >= 0.6 is 0 Å². The molecule has 0 bridgehead atoms. The van der Waals surface area contributed by atoms with Gasteiger partial charge in [-0.1, -0.05) is 6.92 Å². The summed E-state index contributed by atoms with van der Waals surface area (Å²) < 4.78 is 2.22. The fourth-order valence-corrected chi connectivity index (χ4v) is 1.78. The third kappa shape index (κ3) is 1.98. The molecule has 1 N–H and O–H groups in total. The van der Waals surface area contributed by atoms with Crippen LogP contribution in [0.4, 0.5) is 0 Å². The molecule has 0 spiro atoms. The highest BCUT2D eigenvalue weighted by Gasteiger charge is 2.31. The van der Waals surface area contributed by atoms with Gasteiger partial charge in [0.25, 0.3) is 0 Å². The van der Waals surface area contributed by atoms with E-state index in [-0.39, 0.29) is 0 Å². The van der Waals surface area contributed by atoms with E-state index in [1.807, 2.05) is 12.5 Å². The minimum absolute atomic E-state index is 0.505. The Morgan fingerprint density at radius 3 is 2.93 bits per heavy atom. The lowest BCUT2D eigenvalue weighted by atomic mass is 10.3. The van der Waals surface area contributed by atoms with Crippen molar-refractivity contribution in [2.24, 2.45) is 5.92 Å². The summed E-state index contributed by atoms with van der Waals surface area (Å²) in [7, 11) is 0. The summed E-state index contributed by atoms with van der Waals surface area (Å²) in [6, 6.07) is 1.25. The molecule has 78 valence electrons. The molecule has 1 saturated carbocycles. The highest BCUT2D eigenvalue weighted by molar-refractivity contribution is 5.01. The Balaban J connectivity index is 1.91. The maximum atomic E-state index is 4.18. The molecule has 0 radical (unpaired) electrons. The van der Waals surface area contributed by atoms with Gasteiger partial charge in [0, 0.05) is 24.8 Å². The van der Waals surface area contributed by atoms with Crippen LogP contribution in [0.1, 0.15) is 38.9 Å². The van der Waals surface area contributed by atoms with Gasteiger partial charge in [0.05, 0.1) is 12.0 Å². The second-order valence-electron chi connectivity index (χ2n) is 4.59. The number of hydrogen-bond donors (Lipinski definition) is 1. The first-order valence-corrected chi connectivity index (χ1v) is 5.42. The van der Waals surface area contributed by atoms with Crippen LogP contribution in [0.25, 0.3) is 0 Å². The molecule has 1 heterocycles. The average molecular weight is 193 g/mol. The van der Waals surface area contributed by atoms with Gasteiger partial charge in [-0.05, 0) is 26.2 Å². The predicted octanol–water partition coefficient (Wildman–Crippen LogP) is 1.96. The van der Waals surface area contributed by atoms with Gasteiger partial charge in [-0.15, -0.1) is 0 Å². The molecule has 0 amide bonds. The van der Waals surface area contributed by atoms with Crippen molar-refractivity contribution in [3.05, 3.63) is 18.2 Å². The van der Waals surface area contributed by atoms with Gasteiger partial charge in [0.1, 0.15) is 0 Å². The first-order chi connectivity index (χ1) is 6.68. The normalized spacial score (nSPS) is 25.7. The molecule has 14 heavy (non-hydrogen) atoms. The van der Waals surface area contributed by atoms with Crippen LogP contribution in [0.15, 0.2) is 12.5 Å². The van der Waals surface area contributed by atoms with E-state index in [1.54, 1.807) is 0 Å². The van der Waals surface area contributed by atoms with Crippen LogP contribution < -0.4 is 5.32 Å². The number of imidazole rings is 1. The quantitative estimate of drug-likeness (QED) is 0.792. The summed E-state index contributed by atoms with van der Waals surface area (Å²) in [6.45, 7) is 7.61. The topological polar surface area (TPSA) is 29.9 Å². The maximum Gasteiger partial charge on any atom is 0.0951 e. The second kappa shape index (κ2) is 3.73. The van der Waals surface area contributed by atoms with Gasteiger partial charge in [-0.2, -0.15) is 0 Å². The molecule has 0 aliphatic heterocycles. The average Bonchev–Trinajstić information content (AvgIpc) is 2.67. The molecule has 1 aromatic heterocycles. The molecule has 3 heteroatoms.